The minimum atomic E-state index is -1.47. The van der Waals surface area contributed by atoms with Gasteiger partial charge in [-0.15, -0.1) is 0 Å². The van der Waals surface area contributed by atoms with Gasteiger partial charge < -0.3 is 15.5 Å². The molecule has 1 aliphatic carbocycles. The van der Waals surface area contributed by atoms with Gasteiger partial charge in [0.15, 0.2) is 6.10 Å². The topological polar surface area (TPSA) is 86.6 Å². The lowest BCUT2D eigenvalue weighted by atomic mass is 9.63. The van der Waals surface area contributed by atoms with Crippen LogP contribution in [-0.4, -0.2) is 22.1 Å². The van der Waals surface area contributed by atoms with Crippen LogP contribution in [0.4, 0.5) is 10.1 Å². The van der Waals surface area contributed by atoms with Crippen molar-refractivity contribution in [2.45, 2.75) is 57.5 Å². The highest BCUT2D eigenvalue weighted by Gasteiger charge is 2.37. The van der Waals surface area contributed by atoms with E-state index < -0.39 is 23.8 Å². The quantitative estimate of drug-likeness (QED) is 0.704. The number of rotatable bonds is 4. The van der Waals surface area contributed by atoms with Crippen molar-refractivity contribution < 1.29 is 24.2 Å². The third kappa shape index (κ3) is 4.03. The number of halogens is 1. The Balaban J connectivity index is 1.86. The lowest BCUT2D eigenvalue weighted by molar-refractivity contribution is -0.124. The van der Waals surface area contributed by atoms with Gasteiger partial charge in [0.2, 0.25) is 0 Å². The van der Waals surface area contributed by atoms with Crippen molar-refractivity contribution in [2.24, 2.45) is 0 Å². The summed E-state index contributed by atoms with van der Waals surface area (Å²) in [6, 6.07) is 8.75. The molecule has 0 radical (unpaired) electrons. The van der Waals surface area contributed by atoms with E-state index in [0.717, 1.165) is 24.5 Å². The SMILES string of the molecule is CC1(C)CCC(C)(C)c2cc([C@H](O)C(=O)Nc3ccc(C(=O)O)cc3F)ccc21. The van der Waals surface area contributed by atoms with Gasteiger partial charge in [-0.3, -0.25) is 4.79 Å². The maximum atomic E-state index is 14.1. The lowest BCUT2D eigenvalue weighted by Crippen LogP contribution is -2.34. The summed E-state index contributed by atoms with van der Waals surface area (Å²) in [5.74, 6) is -2.92. The maximum absolute atomic E-state index is 14.1. The normalized spacial score (nSPS) is 17.9. The Morgan fingerprint density at radius 1 is 1.00 bits per heavy atom. The van der Waals surface area contributed by atoms with Gasteiger partial charge >= 0.3 is 5.97 Å². The van der Waals surface area contributed by atoms with E-state index in [1.54, 1.807) is 6.07 Å². The molecule has 0 aliphatic heterocycles. The standard InChI is InChI=1S/C23H26FNO4/c1-22(2)9-10-23(3,4)16-11-13(5-7-15(16)22)19(26)20(27)25-18-8-6-14(21(28)29)12-17(18)24/h5-8,11-12,19,26H,9-10H2,1-4H3,(H,25,27)(H,28,29)/t19-/m0/s1. The number of aliphatic hydroxyl groups excluding tert-OH is 1. The molecule has 6 heteroatoms. The first kappa shape index (κ1) is 21.0. The summed E-state index contributed by atoms with van der Waals surface area (Å²) in [5, 5.41) is 21.8. The van der Waals surface area contributed by atoms with Crippen molar-refractivity contribution in [2.75, 3.05) is 5.32 Å². The van der Waals surface area contributed by atoms with Crippen LogP contribution in [-0.2, 0) is 15.6 Å². The molecule has 0 heterocycles. The zero-order valence-corrected chi connectivity index (χ0v) is 17.0. The third-order valence-electron chi connectivity index (χ3n) is 5.91. The Labute approximate surface area is 169 Å². The Morgan fingerprint density at radius 2 is 1.62 bits per heavy atom. The lowest BCUT2D eigenvalue weighted by Gasteiger charge is -2.42. The first-order chi connectivity index (χ1) is 13.4. The van der Waals surface area contributed by atoms with Crippen molar-refractivity contribution in [3.05, 3.63) is 64.5 Å². The molecule has 0 saturated carbocycles. The fraction of sp³-hybridized carbons (Fsp3) is 0.391. The van der Waals surface area contributed by atoms with E-state index in [1.165, 1.54) is 17.7 Å². The molecule has 1 amide bonds. The first-order valence-electron chi connectivity index (χ1n) is 9.59. The smallest absolute Gasteiger partial charge is 0.335 e. The van der Waals surface area contributed by atoms with Crippen LogP contribution in [0.1, 0.15) is 73.7 Å². The van der Waals surface area contributed by atoms with Crippen molar-refractivity contribution in [1.29, 1.82) is 0 Å². The third-order valence-corrected chi connectivity index (χ3v) is 5.91. The fourth-order valence-corrected chi connectivity index (χ4v) is 3.88. The molecule has 29 heavy (non-hydrogen) atoms. The number of amides is 1. The number of aliphatic hydroxyl groups is 1. The van der Waals surface area contributed by atoms with E-state index in [2.05, 4.69) is 33.0 Å². The molecule has 5 nitrogen and oxygen atoms in total. The molecule has 0 spiro atoms. The van der Waals surface area contributed by atoms with E-state index in [0.29, 0.717) is 5.56 Å². The van der Waals surface area contributed by atoms with Crippen LogP contribution < -0.4 is 5.32 Å². The summed E-state index contributed by atoms with van der Waals surface area (Å²) in [6.07, 6.45) is 0.584. The second-order valence-electron chi connectivity index (χ2n) is 8.96. The Kier molecular flexibility index (Phi) is 5.26. The van der Waals surface area contributed by atoms with Crippen molar-refractivity contribution in [3.63, 3.8) is 0 Å². The van der Waals surface area contributed by atoms with Gasteiger partial charge in [-0.05, 0) is 58.6 Å². The number of carboxylic acid groups (broad SMARTS) is 1. The van der Waals surface area contributed by atoms with E-state index in [-0.39, 0.29) is 22.1 Å². The molecule has 154 valence electrons. The number of carbonyl (C=O) groups is 2. The van der Waals surface area contributed by atoms with Crippen LogP contribution in [0, 0.1) is 5.82 Å². The zero-order chi connectivity index (χ0) is 21.6. The number of fused-ring (bicyclic) bond motifs is 1. The van der Waals surface area contributed by atoms with Crippen molar-refractivity contribution >= 4 is 17.6 Å². The minimum Gasteiger partial charge on any atom is -0.478 e. The number of hydrogen-bond donors (Lipinski definition) is 3. The highest BCUT2D eigenvalue weighted by molar-refractivity contribution is 5.95. The molecule has 2 aromatic carbocycles. The molecule has 1 aliphatic rings. The molecule has 0 aromatic heterocycles. The summed E-state index contributed by atoms with van der Waals surface area (Å²) in [7, 11) is 0. The number of anilines is 1. The van der Waals surface area contributed by atoms with Crippen LogP contribution in [0.25, 0.3) is 0 Å². The summed E-state index contributed by atoms with van der Waals surface area (Å²) in [4.78, 5) is 23.4. The molecule has 0 fully saturated rings. The number of nitrogens with one attached hydrogen (secondary N) is 1. The van der Waals surface area contributed by atoms with Crippen LogP contribution >= 0.6 is 0 Å². The van der Waals surface area contributed by atoms with Gasteiger partial charge in [0.1, 0.15) is 5.82 Å². The Hall–Kier alpha value is -2.73. The van der Waals surface area contributed by atoms with Crippen molar-refractivity contribution in [3.8, 4) is 0 Å². The predicted molar refractivity (Wildman–Crippen MR) is 109 cm³/mol. The second kappa shape index (κ2) is 7.26. The minimum absolute atomic E-state index is 0.0195. The molecule has 3 N–H and O–H groups in total. The fourth-order valence-electron chi connectivity index (χ4n) is 3.88. The van der Waals surface area contributed by atoms with Crippen LogP contribution in [0.3, 0.4) is 0 Å². The number of carboxylic acids is 1. The number of carbonyl (C=O) groups excluding carboxylic acids is 1. The maximum Gasteiger partial charge on any atom is 0.335 e. The van der Waals surface area contributed by atoms with E-state index in [4.69, 9.17) is 5.11 Å². The molecular weight excluding hydrogens is 373 g/mol. The van der Waals surface area contributed by atoms with E-state index >= 15 is 0 Å². The molecule has 2 aromatic rings. The van der Waals surface area contributed by atoms with Gasteiger partial charge in [-0.1, -0.05) is 45.9 Å². The van der Waals surface area contributed by atoms with Crippen LogP contribution in [0.5, 0.6) is 0 Å². The molecule has 0 unspecified atom stereocenters. The zero-order valence-electron chi connectivity index (χ0n) is 17.0. The Bertz CT molecular complexity index is 981. The highest BCUT2D eigenvalue weighted by Crippen LogP contribution is 2.46. The van der Waals surface area contributed by atoms with E-state index in [1.807, 2.05) is 12.1 Å². The monoisotopic (exact) mass is 399 g/mol. The van der Waals surface area contributed by atoms with Gasteiger partial charge in [0.25, 0.3) is 5.91 Å². The van der Waals surface area contributed by atoms with E-state index in [9.17, 15) is 19.1 Å². The van der Waals surface area contributed by atoms with Gasteiger partial charge in [-0.2, -0.15) is 0 Å². The highest BCUT2D eigenvalue weighted by atomic mass is 19.1. The molecule has 1 atom stereocenters. The van der Waals surface area contributed by atoms with Gasteiger partial charge in [0.05, 0.1) is 11.3 Å². The Morgan fingerprint density at radius 3 is 2.21 bits per heavy atom. The number of aromatic carboxylic acids is 1. The summed E-state index contributed by atoms with van der Waals surface area (Å²) in [6.45, 7) is 8.67. The summed E-state index contributed by atoms with van der Waals surface area (Å²) < 4.78 is 14.1. The van der Waals surface area contributed by atoms with Gasteiger partial charge in [0, 0.05) is 0 Å². The molecule has 0 bridgehead atoms. The largest absolute Gasteiger partial charge is 0.478 e. The average Bonchev–Trinajstić information content (AvgIpc) is 2.66. The second-order valence-corrected chi connectivity index (χ2v) is 8.96. The van der Waals surface area contributed by atoms with Crippen molar-refractivity contribution in [1.82, 2.24) is 0 Å². The summed E-state index contributed by atoms with van der Waals surface area (Å²) in [5.41, 5.74) is 2.30. The average molecular weight is 399 g/mol. The van der Waals surface area contributed by atoms with Crippen LogP contribution in [0.15, 0.2) is 36.4 Å². The number of benzene rings is 2. The number of hydrogen-bond acceptors (Lipinski definition) is 3. The molecule has 0 saturated heterocycles. The molecular formula is C23H26FNO4. The first-order valence-corrected chi connectivity index (χ1v) is 9.59. The van der Waals surface area contributed by atoms with Gasteiger partial charge in [-0.25, -0.2) is 9.18 Å². The summed E-state index contributed by atoms with van der Waals surface area (Å²) >= 11 is 0. The predicted octanol–water partition coefficient (Wildman–Crippen LogP) is 4.55. The van der Waals surface area contributed by atoms with Crippen LogP contribution in [0.2, 0.25) is 0 Å². The molecule has 3 rings (SSSR count).